The molecule has 5 nitrogen and oxygen atoms in total. The van der Waals surface area contributed by atoms with E-state index in [0.717, 1.165) is 6.42 Å². The van der Waals surface area contributed by atoms with E-state index in [2.05, 4.69) is 0 Å². The summed E-state index contributed by atoms with van der Waals surface area (Å²) >= 11 is 0. The number of aliphatic hydroxyl groups excluding tert-OH is 1. The topological polar surface area (TPSA) is 66.8 Å². The number of methoxy groups -OCH3 is 1. The average Bonchev–Trinajstić information content (AvgIpc) is 2.14. The minimum atomic E-state index is -3.26. The SMILES string of the molecule is CCCN(CCO)S(=O)(=O)CCOC. The quantitative estimate of drug-likeness (QED) is 0.614. The lowest BCUT2D eigenvalue weighted by Crippen LogP contribution is -2.36. The molecule has 0 saturated carbocycles. The molecule has 0 saturated heterocycles. The molecule has 0 rings (SSSR count). The van der Waals surface area contributed by atoms with Crippen molar-refractivity contribution in [3.63, 3.8) is 0 Å². The number of rotatable bonds is 8. The Morgan fingerprint density at radius 1 is 1.36 bits per heavy atom. The van der Waals surface area contributed by atoms with Crippen molar-refractivity contribution in [2.45, 2.75) is 13.3 Å². The van der Waals surface area contributed by atoms with E-state index in [0.29, 0.717) is 6.54 Å². The summed E-state index contributed by atoms with van der Waals surface area (Å²) in [5.74, 6) is -0.0243. The monoisotopic (exact) mass is 225 g/mol. The molecule has 0 atom stereocenters. The van der Waals surface area contributed by atoms with Crippen molar-refractivity contribution in [3.05, 3.63) is 0 Å². The Hall–Kier alpha value is -0.170. The third kappa shape index (κ3) is 4.90. The number of sulfonamides is 1. The molecule has 0 spiro atoms. The van der Waals surface area contributed by atoms with E-state index in [4.69, 9.17) is 9.84 Å². The average molecular weight is 225 g/mol. The first-order valence-electron chi connectivity index (χ1n) is 4.66. The molecule has 0 fully saturated rings. The zero-order valence-corrected chi connectivity index (χ0v) is 9.59. The van der Waals surface area contributed by atoms with Gasteiger partial charge in [-0.05, 0) is 6.42 Å². The summed E-state index contributed by atoms with van der Waals surface area (Å²) in [5, 5.41) is 8.71. The Morgan fingerprint density at radius 3 is 2.43 bits per heavy atom. The third-order valence-electron chi connectivity index (χ3n) is 1.76. The molecule has 0 aromatic rings. The van der Waals surface area contributed by atoms with Crippen molar-refractivity contribution in [3.8, 4) is 0 Å². The molecule has 0 unspecified atom stereocenters. The van der Waals surface area contributed by atoms with Gasteiger partial charge in [-0.1, -0.05) is 6.92 Å². The van der Waals surface area contributed by atoms with Crippen LogP contribution in [0.2, 0.25) is 0 Å². The summed E-state index contributed by atoms with van der Waals surface area (Å²) in [6, 6.07) is 0. The highest BCUT2D eigenvalue weighted by Gasteiger charge is 2.19. The fourth-order valence-corrected chi connectivity index (χ4v) is 2.52. The maximum Gasteiger partial charge on any atom is 0.216 e. The van der Waals surface area contributed by atoms with E-state index in [1.165, 1.54) is 11.4 Å². The van der Waals surface area contributed by atoms with E-state index in [1.54, 1.807) is 0 Å². The Labute approximate surface area is 85.7 Å². The van der Waals surface area contributed by atoms with Gasteiger partial charge in [-0.2, -0.15) is 4.31 Å². The van der Waals surface area contributed by atoms with Crippen LogP contribution in [0.1, 0.15) is 13.3 Å². The zero-order valence-electron chi connectivity index (χ0n) is 8.77. The summed E-state index contributed by atoms with van der Waals surface area (Å²) in [6.45, 7) is 2.56. The molecule has 0 bridgehead atoms. The van der Waals surface area contributed by atoms with Crippen LogP contribution in [0.5, 0.6) is 0 Å². The molecule has 0 heterocycles. The maximum absolute atomic E-state index is 11.6. The van der Waals surface area contributed by atoms with Crippen LogP contribution in [-0.4, -0.2) is 57.0 Å². The predicted octanol–water partition coefficient (Wildman–Crippen LogP) is -0.333. The van der Waals surface area contributed by atoms with E-state index in [1.807, 2.05) is 6.92 Å². The largest absolute Gasteiger partial charge is 0.395 e. The van der Waals surface area contributed by atoms with Crippen LogP contribution in [0, 0.1) is 0 Å². The molecule has 14 heavy (non-hydrogen) atoms. The van der Waals surface area contributed by atoms with Gasteiger partial charge >= 0.3 is 0 Å². The first kappa shape index (κ1) is 13.8. The highest BCUT2D eigenvalue weighted by Crippen LogP contribution is 2.02. The molecule has 86 valence electrons. The summed E-state index contributed by atoms with van der Waals surface area (Å²) in [4.78, 5) is 0. The second-order valence-electron chi connectivity index (χ2n) is 2.93. The second kappa shape index (κ2) is 7.17. The molecule has 0 aliphatic carbocycles. The highest BCUT2D eigenvalue weighted by atomic mass is 32.2. The summed E-state index contributed by atoms with van der Waals surface area (Å²) in [6.07, 6.45) is 0.742. The Bertz CT molecular complexity index is 221. The molecule has 0 aromatic heterocycles. The van der Waals surface area contributed by atoms with E-state index >= 15 is 0 Å². The van der Waals surface area contributed by atoms with Crippen molar-refractivity contribution in [1.29, 1.82) is 0 Å². The Balaban J connectivity index is 4.29. The van der Waals surface area contributed by atoms with Crippen LogP contribution < -0.4 is 0 Å². The highest BCUT2D eigenvalue weighted by molar-refractivity contribution is 7.89. The van der Waals surface area contributed by atoms with Crippen molar-refractivity contribution in [1.82, 2.24) is 4.31 Å². The van der Waals surface area contributed by atoms with Crippen molar-refractivity contribution in [2.24, 2.45) is 0 Å². The normalized spacial score (nSPS) is 12.3. The summed E-state index contributed by atoms with van der Waals surface area (Å²) < 4.78 is 29.2. The minimum absolute atomic E-state index is 0.0243. The lowest BCUT2D eigenvalue weighted by atomic mass is 10.5. The third-order valence-corrected chi connectivity index (χ3v) is 3.60. The Kier molecular flexibility index (Phi) is 7.08. The van der Waals surface area contributed by atoms with Crippen LogP contribution in [0.4, 0.5) is 0 Å². The zero-order chi connectivity index (χ0) is 11.0. The minimum Gasteiger partial charge on any atom is -0.395 e. The second-order valence-corrected chi connectivity index (χ2v) is 5.02. The number of nitrogens with zero attached hydrogens (tertiary/aromatic N) is 1. The molecule has 0 aliphatic rings. The molecule has 0 aromatic carbocycles. The number of hydrogen-bond donors (Lipinski definition) is 1. The van der Waals surface area contributed by atoms with Gasteiger partial charge in [0.15, 0.2) is 0 Å². The first-order valence-corrected chi connectivity index (χ1v) is 6.27. The fourth-order valence-electron chi connectivity index (χ4n) is 1.07. The van der Waals surface area contributed by atoms with Gasteiger partial charge in [0.2, 0.25) is 10.0 Å². The van der Waals surface area contributed by atoms with Gasteiger partial charge in [-0.25, -0.2) is 8.42 Å². The van der Waals surface area contributed by atoms with Gasteiger partial charge < -0.3 is 9.84 Å². The van der Waals surface area contributed by atoms with E-state index in [-0.39, 0.29) is 25.5 Å². The maximum atomic E-state index is 11.6. The molecule has 0 aliphatic heterocycles. The van der Waals surface area contributed by atoms with Gasteiger partial charge in [0.05, 0.1) is 19.0 Å². The van der Waals surface area contributed by atoms with Gasteiger partial charge in [-0.15, -0.1) is 0 Å². The lowest BCUT2D eigenvalue weighted by Gasteiger charge is -2.20. The van der Waals surface area contributed by atoms with Gasteiger partial charge in [-0.3, -0.25) is 0 Å². The Morgan fingerprint density at radius 2 is 2.00 bits per heavy atom. The van der Waals surface area contributed by atoms with E-state index < -0.39 is 10.0 Å². The standard InChI is InChI=1S/C8H19NO4S/c1-3-4-9(5-6-10)14(11,12)8-7-13-2/h10H,3-8H2,1-2H3. The lowest BCUT2D eigenvalue weighted by molar-refractivity contribution is 0.213. The van der Waals surface area contributed by atoms with E-state index in [9.17, 15) is 8.42 Å². The van der Waals surface area contributed by atoms with Crippen LogP contribution in [-0.2, 0) is 14.8 Å². The molecular weight excluding hydrogens is 206 g/mol. The number of aliphatic hydroxyl groups is 1. The van der Waals surface area contributed by atoms with Crippen LogP contribution in [0.15, 0.2) is 0 Å². The number of hydrogen-bond acceptors (Lipinski definition) is 4. The molecule has 0 amide bonds. The van der Waals surface area contributed by atoms with Crippen molar-refractivity contribution >= 4 is 10.0 Å². The van der Waals surface area contributed by atoms with Gasteiger partial charge in [0.25, 0.3) is 0 Å². The fraction of sp³-hybridized carbons (Fsp3) is 1.00. The van der Waals surface area contributed by atoms with Crippen LogP contribution >= 0.6 is 0 Å². The molecular formula is C8H19NO4S. The first-order chi connectivity index (χ1) is 6.58. The van der Waals surface area contributed by atoms with Gasteiger partial charge in [0.1, 0.15) is 0 Å². The van der Waals surface area contributed by atoms with Crippen LogP contribution in [0.3, 0.4) is 0 Å². The molecule has 6 heteroatoms. The van der Waals surface area contributed by atoms with Crippen LogP contribution in [0.25, 0.3) is 0 Å². The van der Waals surface area contributed by atoms with Crippen molar-refractivity contribution in [2.75, 3.05) is 39.2 Å². The van der Waals surface area contributed by atoms with Gasteiger partial charge in [0, 0.05) is 20.2 Å². The molecule has 0 radical (unpaired) electrons. The smallest absolute Gasteiger partial charge is 0.216 e. The summed E-state index contributed by atoms with van der Waals surface area (Å²) in [7, 11) is -1.80. The summed E-state index contributed by atoms with van der Waals surface area (Å²) in [5.41, 5.74) is 0. The number of ether oxygens (including phenoxy) is 1. The predicted molar refractivity (Wildman–Crippen MR) is 54.6 cm³/mol. The van der Waals surface area contributed by atoms with Crippen molar-refractivity contribution < 1.29 is 18.3 Å². The molecule has 1 N–H and O–H groups in total.